The van der Waals surface area contributed by atoms with E-state index < -0.39 is 11.8 Å². The average molecular weight is 346 g/mol. The number of benzene rings is 3. The molecule has 0 saturated carbocycles. The molecule has 3 aromatic rings. The van der Waals surface area contributed by atoms with Crippen molar-refractivity contribution in [2.45, 2.75) is 0 Å². The molecular formula is C22H15FO3. The zero-order valence-electron chi connectivity index (χ0n) is 13.8. The van der Waals surface area contributed by atoms with Gasteiger partial charge in [0.15, 0.2) is 5.78 Å². The summed E-state index contributed by atoms with van der Waals surface area (Å²) in [5.41, 5.74) is 1.71. The molecule has 0 aromatic heterocycles. The molecule has 128 valence electrons. The van der Waals surface area contributed by atoms with Gasteiger partial charge in [0.2, 0.25) is 0 Å². The molecule has 0 aliphatic heterocycles. The zero-order valence-corrected chi connectivity index (χ0v) is 13.8. The Morgan fingerprint density at radius 1 is 0.769 bits per heavy atom. The summed E-state index contributed by atoms with van der Waals surface area (Å²) in [6, 6.07) is 21.0. The highest BCUT2D eigenvalue weighted by atomic mass is 19.1. The van der Waals surface area contributed by atoms with Crippen molar-refractivity contribution in [1.29, 1.82) is 0 Å². The molecule has 0 saturated heterocycles. The van der Waals surface area contributed by atoms with E-state index in [-0.39, 0.29) is 5.78 Å². The quantitative estimate of drug-likeness (QED) is 0.292. The summed E-state index contributed by atoms with van der Waals surface area (Å²) >= 11 is 0. The Labute approximate surface area is 150 Å². The van der Waals surface area contributed by atoms with Crippen LogP contribution in [-0.4, -0.2) is 11.8 Å². The van der Waals surface area contributed by atoms with Crippen molar-refractivity contribution in [3.8, 4) is 5.75 Å². The molecule has 0 spiro atoms. The molecule has 0 heterocycles. The van der Waals surface area contributed by atoms with Gasteiger partial charge < -0.3 is 4.74 Å². The SMILES string of the molecule is O=C(/C=C/c1ccccc1)Oc1ccc(C(=O)c2ccc(F)cc2)cc1. The summed E-state index contributed by atoms with van der Waals surface area (Å²) in [5, 5.41) is 0. The van der Waals surface area contributed by atoms with E-state index in [1.165, 1.54) is 30.3 Å². The number of hydrogen-bond donors (Lipinski definition) is 0. The fourth-order valence-corrected chi connectivity index (χ4v) is 2.32. The van der Waals surface area contributed by atoms with Gasteiger partial charge in [-0.1, -0.05) is 30.3 Å². The lowest BCUT2D eigenvalue weighted by Gasteiger charge is -2.04. The molecule has 0 radical (unpaired) electrons. The largest absolute Gasteiger partial charge is 0.423 e. The third-order valence-electron chi connectivity index (χ3n) is 3.65. The number of halogens is 1. The highest BCUT2D eigenvalue weighted by Gasteiger charge is 2.10. The Hall–Kier alpha value is -3.53. The molecule has 3 nitrogen and oxygen atoms in total. The molecule has 0 fully saturated rings. The van der Waals surface area contributed by atoms with Gasteiger partial charge >= 0.3 is 5.97 Å². The maximum atomic E-state index is 12.9. The molecule has 0 N–H and O–H groups in total. The van der Waals surface area contributed by atoms with Crippen molar-refractivity contribution in [2.24, 2.45) is 0 Å². The predicted molar refractivity (Wildman–Crippen MR) is 97.4 cm³/mol. The van der Waals surface area contributed by atoms with Crippen molar-refractivity contribution in [1.82, 2.24) is 0 Å². The van der Waals surface area contributed by atoms with Crippen LogP contribution in [0.25, 0.3) is 6.08 Å². The van der Waals surface area contributed by atoms with Gasteiger partial charge in [-0.05, 0) is 60.2 Å². The summed E-state index contributed by atoms with van der Waals surface area (Å²) in [6.45, 7) is 0. The number of esters is 1. The Bertz CT molecular complexity index is 927. The van der Waals surface area contributed by atoms with Gasteiger partial charge in [0.1, 0.15) is 11.6 Å². The molecule has 26 heavy (non-hydrogen) atoms. The van der Waals surface area contributed by atoms with Crippen molar-refractivity contribution in [2.75, 3.05) is 0 Å². The van der Waals surface area contributed by atoms with E-state index >= 15 is 0 Å². The lowest BCUT2D eigenvalue weighted by atomic mass is 10.0. The third-order valence-corrected chi connectivity index (χ3v) is 3.65. The lowest BCUT2D eigenvalue weighted by Crippen LogP contribution is -2.05. The summed E-state index contributed by atoms with van der Waals surface area (Å²) in [5.74, 6) is -0.797. The van der Waals surface area contributed by atoms with Gasteiger partial charge in [-0.15, -0.1) is 0 Å². The molecule has 3 aromatic carbocycles. The molecule has 0 aliphatic carbocycles. The van der Waals surface area contributed by atoms with Crippen molar-refractivity contribution < 1.29 is 18.7 Å². The average Bonchev–Trinajstić information content (AvgIpc) is 2.68. The van der Waals surface area contributed by atoms with E-state index in [1.54, 1.807) is 30.3 Å². The van der Waals surface area contributed by atoms with Crippen molar-refractivity contribution in [3.63, 3.8) is 0 Å². The van der Waals surface area contributed by atoms with Crippen LogP contribution in [0.1, 0.15) is 21.5 Å². The summed E-state index contributed by atoms with van der Waals surface area (Å²) in [4.78, 5) is 24.2. The van der Waals surface area contributed by atoms with Gasteiger partial charge in [-0.25, -0.2) is 9.18 Å². The van der Waals surface area contributed by atoms with Crippen molar-refractivity contribution >= 4 is 17.8 Å². The van der Waals surface area contributed by atoms with Crippen LogP contribution < -0.4 is 4.74 Å². The van der Waals surface area contributed by atoms with E-state index in [4.69, 9.17) is 4.74 Å². The second-order valence-corrected chi connectivity index (χ2v) is 5.53. The second kappa shape index (κ2) is 8.03. The van der Waals surface area contributed by atoms with Crippen LogP contribution in [-0.2, 0) is 4.79 Å². The van der Waals surface area contributed by atoms with Gasteiger partial charge in [0, 0.05) is 17.2 Å². The Morgan fingerprint density at radius 3 is 1.96 bits per heavy atom. The second-order valence-electron chi connectivity index (χ2n) is 5.53. The number of ketones is 1. The molecule has 0 bridgehead atoms. The fourth-order valence-electron chi connectivity index (χ4n) is 2.32. The zero-order chi connectivity index (χ0) is 18.4. The van der Waals surface area contributed by atoms with Crippen LogP contribution in [0.5, 0.6) is 5.75 Å². The predicted octanol–water partition coefficient (Wildman–Crippen LogP) is 4.68. The van der Waals surface area contributed by atoms with E-state index in [0.29, 0.717) is 16.9 Å². The van der Waals surface area contributed by atoms with Gasteiger partial charge in [0.05, 0.1) is 0 Å². The van der Waals surface area contributed by atoms with E-state index in [2.05, 4.69) is 0 Å². The first-order chi connectivity index (χ1) is 12.6. The van der Waals surface area contributed by atoms with E-state index in [9.17, 15) is 14.0 Å². The fraction of sp³-hybridized carbons (Fsp3) is 0. The smallest absolute Gasteiger partial charge is 0.336 e. The minimum atomic E-state index is -0.508. The lowest BCUT2D eigenvalue weighted by molar-refractivity contribution is -0.128. The van der Waals surface area contributed by atoms with Crippen LogP contribution in [0.3, 0.4) is 0 Å². The van der Waals surface area contributed by atoms with Crippen molar-refractivity contribution in [3.05, 3.63) is 107 Å². The van der Waals surface area contributed by atoms with Crippen LogP contribution in [0.15, 0.2) is 84.9 Å². The summed E-state index contributed by atoms with van der Waals surface area (Å²) in [7, 11) is 0. The molecular weight excluding hydrogens is 331 g/mol. The number of carbonyl (C=O) groups is 2. The highest BCUT2D eigenvalue weighted by Crippen LogP contribution is 2.16. The molecule has 0 amide bonds. The standard InChI is InChI=1S/C22H15FO3/c23-19-11-7-17(8-12-19)22(25)18-9-13-20(14-10-18)26-21(24)15-6-16-4-2-1-3-5-16/h1-15H/b15-6+. The Morgan fingerprint density at radius 2 is 1.35 bits per heavy atom. The van der Waals surface area contributed by atoms with E-state index in [1.807, 2.05) is 30.3 Å². The van der Waals surface area contributed by atoms with E-state index in [0.717, 1.165) is 5.56 Å². The highest BCUT2D eigenvalue weighted by molar-refractivity contribution is 6.09. The van der Waals surface area contributed by atoms with Gasteiger partial charge in [-0.2, -0.15) is 0 Å². The number of carbonyl (C=O) groups excluding carboxylic acids is 2. The van der Waals surface area contributed by atoms with Gasteiger partial charge in [0.25, 0.3) is 0 Å². The number of ether oxygens (including phenoxy) is 1. The first-order valence-corrected chi connectivity index (χ1v) is 7.97. The topological polar surface area (TPSA) is 43.4 Å². The van der Waals surface area contributed by atoms with Gasteiger partial charge in [-0.3, -0.25) is 4.79 Å². The Balaban J connectivity index is 1.64. The molecule has 3 rings (SSSR count). The monoisotopic (exact) mass is 346 g/mol. The normalized spacial score (nSPS) is 10.7. The number of rotatable bonds is 5. The molecule has 4 heteroatoms. The maximum absolute atomic E-state index is 12.9. The van der Waals surface area contributed by atoms with Crippen LogP contribution >= 0.6 is 0 Å². The molecule has 0 unspecified atom stereocenters. The van der Waals surface area contributed by atoms with Crippen LogP contribution in [0.2, 0.25) is 0 Å². The summed E-state index contributed by atoms with van der Waals surface area (Å²) < 4.78 is 18.1. The number of hydrogen-bond acceptors (Lipinski definition) is 3. The first-order valence-electron chi connectivity index (χ1n) is 7.97. The Kier molecular flexibility index (Phi) is 5.34. The molecule has 0 atom stereocenters. The minimum Gasteiger partial charge on any atom is -0.423 e. The maximum Gasteiger partial charge on any atom is 0.336 e. The van der Waals surface area contributed by atoms with Crippen LogP contribution in [0, 0.1) is 5.82 Å². The van der Waals surface area contributed by atoms with Crippen LogP contribution in [0.4, 0.5) is 4.39 Å². The molecule has 0 aliphatic rings. The third kappa shape index (κ3) is 4.51. The minimum absolute atomic E-state index is 0.230. The first kappa shape index (κ1) is 17.3. The summed E-state index contributed by atoms with van der Waals surface area (Å²) in [6.07, 6.45) is 3.00.